The largest absolute Gasteiger partial charge is 0.310 e. The maximum atomic E-state index is 4.55. The molecule has 0 aromatic carbocycles. The van der Waals surface area contributed by atoms with Crippen LogP contribution < -0.4 is 0 Å². The first kappa shape index (κ1) is 14.3. The quantitative estimate of drug-likeness (QED) is 0.810. The van der Waals surface area contributed by atoms with Gasteiger partial charge in [0.1, 0.15) is 11.5 Å². The van der Waals surface area contributed by atoms with Crippen molar-refractivity contribution in [3.63, 3.8) is 0 Å². The van der Waals surface area contributed by atoms with Crippen molar-refractivity contribution in [1.82, 2.24) is 24.5 Å². The van der Waals surface area contributed by atoms with Crippen LogP contribution in [-0.2, 0) is 20.0 Å². The number of rotatable bonds is 1. The van der Waals surface area contributed by atoms with Crippen molar-refractivity contribution < 1.29 is 0 Å². The van der Waals surface area contributed by atoms with Crippen LogP contribution in [0.15, 0.2) is 6.07 Å². The van der Waals surface area contributed by atoms with Crippen molar-refractivity contribution >= 4 is 0 Å². The van der Waals surface area contributed by atoms with E-state index >= 15 is 0 Å². The monoisotopic (exact) mass is 287 g/mol. The molecule has 1 atom stereocenters. The van der Waals surface area contributed by atoms with Gasteiger partial charge in [0.05, 0.1) is 0 Å². The van der Waals surface area contributed by atoms with E-state index in [0.29, 0.717) is 5.41 Å². The summed E-state index contributed by atoms with van der Waals surface area (Å²) in [5.74, 6) is 2.76. The Morgan fingerprint density at radius 2 is 1.95 bits per heavy atom. The minimum atomic E-state index is 0.360. The molecule has 5 nitrogen and oxygen atoms in total. The molecule has 0 amide bonds. The van der Waals surface area contributed by atoms with Crippen LogP contribution >= 0.6 is 0 Å². The lowest BCUT2D eigenvalue weighted by molar-refractivity contribution is 0.212. The van der Waals surface area contributed by atoms with Gasteiger partial charge in [-0.25, -0.2) is 0 Å². The second kappa shape index (κ2) is 4.97. The van der Waals surface area contributed by atoms with Gasteiger partial charge in [0, 0.05) is 25.7 Å². The van der Waals surface area contributed by atoms with E-state index in [-0.39, 0.29) is 0 Å². The van der Waals surface area contributed by atoms with Gasteiger partial charge in [-0.2, -0.15) is 5.10 Å². The molecule has 1 aliphatic rings. The fraction of sp³-hybridized carbons (Fsp3) is 0.688. The van der Waals surface area contributed by atoms with Crippen LogP contribution in [0.2, 0.25) is 0 Å². The van der Waals surface area contributed by atoms with Gasteiger partial charge in [-0.1, -0.05) is 20.8 Å². The maximum Gasteiger partial charge on any atom is 0.184 e. The van der Waals surface area contributed by atoms with Crippen LogP contribution in [0.3, 0.4) is 0 Å². The Balaban J connectivity index is 1.91. The molecule has 3 rings (SSSR count). The van der Waals surface area contributed by atoms with Crippen molar-refractivity contribution in [2.75, 3.05) is 0 Å². The molecule has 0 spiro atoms. The zero-order valence-corrected chi connectivity index (χ0v) is 13.7. The molecule has 0 radical (unpaired) electrons. The number of hydrogen-bond acceptors (Lipinski definition) is 3. The molecule has 0 saturated carbocycles. The van der Waals surface area contributed by atoms with E-state index in [1.807, 2.05) is 11.7 Å². The highest BCUT2D eigenvalue weighted by Gasteiger charge is 2.29. The van der Waals surface area contributed by atoms with Crippen LogP contribution in [0.4, 0.5) is 0 Å². The minimum Gasteiger partial charge on any atom is -0.310 e. The van der Waals surface area contributed by atoms with Gasteiger partial charge in [0.2, 0.25) is 0 Å². The van der Waals surface area contributed by atoms with Crippen molar-refractivity contribution in [1.29, 1.82) is 0 Å². The Bertz CT molecular complexity index is 625. The summed E-state index contributed by atoms with van der Waals surface area (Å²) in [7, 11) is 1.97. The lowest BCUT2D eigenvalue weighted by Gasteiger charge is -2.29. The molecule has 114 valence electrons. The Kier molecular flexibility index (Phi) is 3.38. The summed E-state index contributed by atoms with van der Waals surface area (Å²) in [6.45, 7) is 10.1. The Hall–Kier alpha value is -1.65. The maximum absolute atomic E-state index is 4.55. The van der Waals surface area contributed by atoms with Crippen molar-refractivity contribution in [3.8, 4) is 11.5 Å². The molecule has 5 heteroatoms. The first-order valence-electron chi connectivity index (χ1n) is 7.79. The molecule has 1 unspecified atom stereocenters. The van der Waals surface area contributed by atoms with Gasteiger partial charge < -0.3 is 4.57 Å². The summed E-state index contributed by atoms with van der Waals surface area (Å²) in [5.41, 5.74) is 2.44. The van der Waals surface area contributed by atoms with Crippen molar-refractivity contribution in [3.05, 3.63) is 17.6 Å². The third-order valence-electron chi connectivity index (χ3n) is 4.81. The summed E-state index contributed by atoms with van der Waals surface area (Å²) in [6.07, 6.45) is 3.40. The van der Waals surface area contributed by atoms with E-state index < -0.39 is 0 Å². The summed E-state index contributed by atoms with van der Waals surface area (Å²) in [6, 6.07) is 2.09. The standard InChI is InChI=1S/C16H25N5/c1-11-10-13(19-20(11)5)15-18-17-14-7-6-12(16(2,3)4)8-9-21(14)15/h10,12H,6-9H2,1-5H3. The van der Waals surface area contributed by atoms with E-state index in [9.17, 15) is 0 Å². The first-order valence-corrected chi connectivity index (χ1v) is 7.79. The van der Waals surface area contributed by atoms with Gasteiger partial charge in [-0.05, 0) is 37.2 Å². The predicted octanol–water partition coefficient (Wildman–Crippen LogP) is 2.99. The third-order valence-corrected chi connectivity index (χ3v) is 4.81. The molecular weight excluding hydrogens is 262 g/mol. The topological polar surface area (TPSA) is 48.5 Å². The fourth-order valence-electron chi connectivity index (χ4n) is 3.21. The molecule has 0 saturated heterocycles. The van der Waals surface area contributed by atoms with Gasteiger partial charge in [-0.3, -0.25) is 4.68 Å². The smallest absolute Gasteiger partial charge is 0.184 e. The van der Waals surface area contributed by atoms with Crippen LogP contribution in [0, 0.1) is 18.3 Å². The van der Waals surface area contributed by atoms with Crippen LogP contribution in [-0.4, -0.2) is 24.5 Å². The lowest BCUT2D eigenvalue weighted by Crippen LogP contribution is -2.21. The minimum absolute atomic E-state index is 0.360. The highest BCUT2D eigenvalue weighted by Crippen LogP contribution is 2.35. The van der Waals surface area contributed by atoms with Gasteiger partial charge in [0.25, 0.3) is 0 Å². The SMILES string of the molecule is Cc1cc(-c2nnc3n2CCC(C(C)(C)C)CC3)nn1C. The summed E-state index contributed by atoms with van der Waals surface area (Å²) >= 11 is 0. The summed E-state index contributed by atoms with van der Waals surface area (Å²) < 4.78 is 4.17. The number of nitrogens with zero attached hydrogens (tertiary/aromatic N) is 5. The Labute approximate surface area is 126 Å². The van der Waals surface area contributed by atoms with Gasteiger partial charge in [-0.15, -0.1) is 10.2 Å². The molecule has 2 aromatic heterocycles. The molecule has 3 heterocycles. The average Bonchev–Trinajstić information content (AvgIpc) is 2.85. The molecule has 0 bridgehead atoms. The first-order chi connectivity index (χ1) is 9.86. The van der Waals surface area contributed by atoms with Gasteiger partial charge >= 0.3 is 0 Å². The zero-order valence-electron chi connectivity index (χ0n) is 13.7. The van der Waals surface area contributed by atoms with Crippen molar-refractivity contribution in [2.45, 2.75) is 53.5 Å². The van der Waals surface area contributed by atoms with E-state index in [0.717, 1.165) is 41.9 Å². The molecule has 0 fully saturated rings. The van der Waals surface area contributed by atoms with Crippen LogP contribution in [0.5, 0.6) is 0 Å². The predicted molar refractivity (Wildman–Crippen MR) is 82.8 cm³/mol. The molecule has 1 aliphatic heterocycles. The molecular formula is C16H25N5. The van der Waals surface area contributed by atoms with Crippen molar-refractivity contribution in [2.24, 2.45) is 18.4 Å². The second-order valence-electron chi connectivity index (χ2n) is 7.28. The van der Waals surface area contributed by atoms with E-state index in [2.05, 4.69) is 53.6 Å². The fourth-order valence-corrected chi connectivity index (χ4v) is 3.21. The highest BCUT2D eigenvalue weighted by atomic mass is 15.3. The highest BCUT2D eigenvalue weighted by molar-refractivity contribution is 5.50. The molecule has 21 heavy (non-hydrogen) atoms. The number of hydrogen-bond donors (Lipinski definition) is 0. The van der Waals surface area contributed by atoms with Crippen LogP contribution in [0.25, 0.3) is 11.5 Å². The molecule has 2 aromatic rings. The van der Waals surface area contributed by atoms with Gasteiger partial charge in [0.15, 0.2) is 5.82 Å². The number of fused-ring (bicyclic) bond motifs is 1. The van der Waals surface area contributed by atoms with E-state index in [4.69, 9.17) is 0 Å². The molecule has 0 aliphatic carbocycles. The third kappa shape index (κ3) is 2.61. The number of aryl methyl sites for hydroxylation is 3. The normalized spacial score (nSPS) is 19.4. The Morgan fingerprint density at radius 3 is 2.57 bits per heavy atom. The van der Waals surface area contributed by atoms with Crippen LogP contribution in [0.1, 0.15) is 45.1 Å². The lowest BCUT2D eigenvalue weighted by atomic mass is 9.76. The molecule has 0 N–H and O–H groups in total. The second-order valence-corrected chi connectivity index (χ2v) is 7.28. The van der Waals surface area contributed by atoms with E-state index in [1.54, 1.807) is 0 Å². The average molecular weight is 287 g/mol. The Morgan fingerprint density at radius 1 is 1.19 bits per heavy atom. The zero-order chi connectivity index (χ0) is 15.2. The summed E-state index contributed by atoms with van der Waals surface area (Å²) in [5, 5.41) is 13.4. The van der Waals surface area contributed by atoms with E-state index in [1.165, 1.54) is 12.8 Å². The number of aromatic nitrogens is 5. The summed E-state index contributed by atoms with van der Waals surface area (Å²) in [4.78, 5) is 0.